The van der Waals surface area contributed by atoms with Crippen molar-refractivity contribution in [1.82, 2.24) is 19.9 Å². The van der Waals surface area contributed by atoms with Crippen LogP contribution in [0.1, 0.15) is 0 Å². The third kappa shape index (κ3) is 5.81. The zero-order valence-corrected chi connectivity index (χ0v) is 32.1. The van der Waals surface area contributed by atoms with Gasteiger partial charge in [0.25, 0.3) is 0 Å². The van der Waals surface area contributed by atoms with Crippen LogP contribution < -0.4 is 0 Å². The highest BCUT2D eigenvalue weighted by molar-refractivity contribution is 6.17. The molecule has 12 aromatic rings. The van der Waals surface area contributed by atoms with Crippen LogP contribution in [-0.2, 0) is 0 Å². The predicted molar refractivity (Wildman–Crippen MR) is 242 cm³/mol. The van der Waals surface area contributed by atoms with Crippen LogP contribution in [0.2, 0.25) is 0 Å². The zero-order chi connectivity index (χ0) is 39.6. The molecule has 0 atom stereocenters. The molecule has 0 N–H and O–H groups in total. The Morgan fingerprint density at radius 3 is 1.72 bits per heavy atom. The van der Waals surface area contributed by atoms with Crippen LogP contribution in [0.5, 0.6) is 0 Å². The fraction of sp³-hybridized carbons (Fsp3) is 0. The van der Waals surface area contributed by atoms with E-state index in [-0.39, 0.29) is 0 Å². The molecule has 0 unspecified atom stereocenters. The van der Waals surface area contributed by atoms with Gasteiger partial charge < -0.3 is 8.83 Å². The van der Waals surface area contributed by atoms with E-state index >= 15 is 0 Å². The molecule has 12 rings (SSSR count). The lowest BCUT2D eigenvalue weighted by molar-refractivity contribution is 0.620. The molecule has 0 aliphatic carbocycles. The van der Waals surface area contributed by atoms with E-state index in [9.17, 15) is 0 Å². The quantitative estimate of drug-likeness (QED) is 0.168. The van der Waals surface area contributed by atoms with Gasteiger partial charge in [0.2, 0.25) is 5.89 Å². The van der Waals surface area contributed by atoms with Crippen LogP contribution in [0, 0.1) is 0 Å². The van der Waals surface area contributed by atoms with Gasteiger partial charge in [-0.05, 0) is 86.3 Å². The second-order valence-corrected chi connectivity index (χ2v) is 15.0. The Balaban J connectivity index is 1.01. The predicted octanol–water partition coefficient (Wildman–Crippen LogP) is 14.2. The van der Waals surface area contributed by atoms with E-state index in [1.54, 1.807) is 0 Å². The molecule has 60 heavy (non-hydrogen) atoms. The summed E-state index contributed by atoms with van der Waals surface area (Å²) in [6, 6.07) is 66.6. The van der Waals surface area contributed by atoms with Crippen LogP contribution in [-0.4, -0.2) is 19.9 Å². The zero-order valence-electron chi connectivity index (χ0n) is 32.1. The molecule has 0 fully saturated rings. The van der Waals surface area contributed by atoms with Gasteiger partial charge in [-0.25, -0.2) is 19.9 Å². The first kappa shape index (κ1) is 33.9. The number of benzene rings is 9. The fourth-order valence-corrected chi connectivity index (χ4v) is 8.37. The Morgan fingerprint density at radius 2 is 0.917 bits per heavy atom. The molecule has 0 saturated carbocycles. The number of fused-ring (bicyclic) bond motifs is 6. The van der Waals surface area contributed by atoms with Crippen LogP contribution in [0.25, 0.3) is 122 Å². The van der Waals surface area contributed by atoms with Crippen LogP contribution in [0.3, 0.4) is 0 Å². The number of hydrogen-bond acceptors (Lipinski definition) is 6. The Labute approximate surface area is 344 Å². The van der Waals surface area contributed by atoms with Gasteiger partial charge >= 0.3 is 0 Å². The average molecular weight is 769 g/mol. The summed E-state index contributed by atoms with van der Waals surface area (Å²) in [7, 11) is 0. The highest BCUT2D eigenvalue weighted by Crippen LogP contribution is 2.43. The van der Waals surface area contributed by atoms with E-state index in [4.69, 9.17) is 28.8 Å². The summed E-state index contributed by atoms with van der Waals surface area (Å²) in [5.41, 5.74) is 11.0. The van der Waals surface area contributed by atoms with Crippen molar-refractivity contribution in [3.05, 3.63) is 194 Å². The topological polar surface area (TPSA) is 77.8 Å². The van der Waals surface area contributed by atoms with Crippen molar-refractivity contribution in [2.24, 2.45) is 0 Å². The molecular weight excluding hydrogens is 737 g/mol. The van der Waals surface area contributed by atoms with E-state index in [0.717, 1.165) is 87.9 Å². The van der Waals surface area contributed by atoms with Gasteiger partial charge in [-0.2, -0.15) is 0 Å². The highest BCUT2D eigenvalue weighted by Gasteiger charge is 2.20. The van der Waals surface area contributed by atoms with Crippen molar-refractivity contribution in [2.45, 2.75) is 0 Å². The first-order valence-electron chi connectivity index (χ1n) is 19.9. The summed E-state index contributed by atoms with van der Waals surface area (Å²) in [6.45, 7) is 0. The van der Waals surface area contributed by atoms with Crippen LogP contribution >= 0.6 is 0 Å². The van der Waals surface area contributed by atoms with Gasteiger partial charge in [0.05, 0.1) is 0 Å². The lowest BCUT2D eigenvalue weighted by Gasteiger charge is -2.13. The summed E-state index contributed by atoms with van der Waals surface area (Å²) < 4.78 is 13.0. The fourth-order valence-electron chi connectivity index (χ4n) is 8.37. The third-order valence-electron chi connectivity index (χ3n) is 11.3. The van der Waals surface area contributed by atoms with E-state index in [1.807, 2.05) is 60.7 Å². The molecule has 6 heteroatoms. The molecule has 0 bridgehead atoms. The van der Waals surface area contributed by atoms with Crippen molar-refractivity contribution in [3.8, 4) is 67.9 Å². The standard InChI is InChI=1S/C54H32N4O2/c1-3-12-33(13-4-1)35-22-25-37(26-23-35)54-55-46-32-48-45(31-49(46)60-54)50-43(20-11-21-47(50)59-48)44-30-41(29-39-18-9-10-19-42(39)44)53-57-51(36-15-5-2-6-16-36)56-52(58-53)40-27-24-34-14-7-8-17-38(34)28-40/h1-32H. The number of hydrogen-bond donors (Lipinski definition) is 0. The molecule has 0 amide bonds. The normalized spacial score (nSPS) is 11.7. The summed E-state index contributed by atoms with van der Waals surface area (Å²) in [6.07, 6.45) is 0. The molecule has 9 aromatic carbocycles. The number of oxazole rings is 1. The smallest absolute Gasteiger partial charge is 0.227 e. The molecule has 0 aliphatic rings. The monoisotopic (exact) mass is 768 g/mol. The Morgan fingerprint density at radius 1 is 0.300 bits per heavy atom. The lowest BCUT2D eigenvalue weighted by Crippen LogP contribution is -2.00. The molecule has 0 radical (unpaired) electrons. The first-order valence-corrected chi connectivity index (χ1v) is 19.9. The molecule has 0 saturated heterocycles. The van der Waals surface area contributed by atoms with Crippen molar-refractivity contribution in [2.75, 3.05) is 0 Å². The minimum atomic E-state index is 0.566. The van der Waals surface area contributed by atoms with Gasteiger partial charge in [-0.1, -0.05) is 146 Å². The SMILES string of the molecule is c1ccc(-c2ccc(-c3nc4cc5oc6cccc(-c7cc(-c8nc(-c9ccccc9)nc(-c9ccc%10ccccc%10c9)n8)cc8ccccc78)c6c5cc4o3)cc2)cc1. The van der Waals surface area contributed by atoms with Crippen molar-refractivity contribution in [1.29, 1.82) is 0 Å². The van der Waals surface area contributed by atoms with Gasteiger partial charge in [0.1, 0.15) is 16.7 Å². The van der Waals surface area contributed by atoms with Gasteiger partial charge in [0, 0.05) is 39.1 Å². The minimum absolute atomic E-state index is 0.566. The van der Waals surface area contributed by atoms with Gasteiger partial charge in [0.15, 0.2) is 23.1 Å². The number of furan rings is 1. The van der Waals surface area contributed by atoms with Crippen LogP contribution in [0.4, 0.5) is 0 Å². The molecule has 6 nitrogen and oxygen atoms in total. The van der Waals surface area contributed by atoms with Crippen molar-refractivity contribution >= 4 is 54.6 Å². The minimum Gasteiger partial charge on any atom is -0.456 e. The highest BCUT2D eigenvalue weighted by atomic mass is 16.4. The second kappa shape index (κ2) is 13.7. The number of rotatable bonds is 6. The largest absolute Gasteiger partial charge is 0.456 e. The Hall–Kier alpha value is -8.22. The number of nitrogens with zero attached hydrogens (tertiary/aromatic N) is 4. The van der Waals surface area contributed by atoms with E-state index in [2.05, 4.69) is 133 Å². The molecule has 3 aromatic heterocycles. The summed E-state index contributed by atoms with van der Waals surface area (Å²) in [5, 5.41) is 6.43. The summed E-state index contributed by atoms with van der Waals surface area (Å²) >= 11 is 0. The maximum absolute atomic E-state index is 6.57. The maximum Gasteiger partial charge on any atom is 0.227 e. The Bertz CT molecular complexity index is 3590. The van der Waals surface area contributed by atoms with E-state index in [1.165, 1.54) is 5.56 Å². The Kier molecular flexibility index (Phi) is 7.74. The molecular formula is C54H32N4O2. The molecule has 0 aliphatic heterocycles. The maximum atomic E-state index is 6.57. The second-order valence-electron chi connectivity index (χ2n) is 15.0. The lowest BCUT2D eigenvalue weighted by atomic mass is 9.92. The van der Waals surface area contributed by atoms with E-state index in [0.29, 0.717) is 28.9 Å². The first-order chi connectivity index (χ1) is 29.7. The number of aromatic nitrogens is 4. The van der Waals surface area contributed by atoms with E-state index < -0.39 is 0 Å². The molecule has 280 valence electrons. The average Bonchev–Trinajstić information content (AvgIpc) is 3.91. The van der Waals surface area contributed by atoms with Gasteiger partial charge in [-0.15, -0.1) is 0 Å². The summed E-state index contributed by atoms with van der Waals surface area (Å²) in [5.74, 6) is 2.39. The third-order valence-corrected chi connectivity index (χ3v) is 11.3. The summed E-state index contributed by atoms with van der Waals surface area (Å²) in [4.78, 5) is 20.2. The van der Waals surface area contributed by atoms with Gasteiger partial charge in [-0.3, -0.25) is 0 Å². The van der Waals surface area contributed by atoms with Crippen LogP contribution in [0.15, 0.2) is 203 Å². The van der Waals surface area contributed by atoms with Crippen molar-refractivity contribution in [3.63, 3.8) is 0 Å². The molecule has 0 spiro atoms. The molecule has 3 heterocycles. The van der Waals surface area contributed by atoms with Crippen molar-refractivity contribution < 1.29 is 8.83 Å².